The molecule has 0 aliphatic heterocycles. The van der Waals surface area contributed by atoms with Crippen molar-refractivity contribution >= 4 is 21.8 Å². The Morgan fingerprint density at radius 2 is 1.82 bits per heavy atom. The second-order valence-corrected chi connectivity index (χ2v) is 3.84. The van der Waals surface area contributed by atoms with Crippen LogP contribution in [-0.4, -0.2) is 4.98 Å². The Kier molecular flexibility index (Phi) is 1.87. The third-order valence-electron chi connectivity index (χ3n) is 2.88. The number of nitriles is 2. The molecule has 0 amide bonds. The van der Waals surface area contributed by atoms with Gasteiger partial charge in [0.25, 0.3) is 0 Å². The van der Waals surface area contributed by atoms with Gasteiger partial charge in [-0.2, -0.15) is 10.5 Å². The number of nitrogens with zero attached hydrogens (tertiary/aromatic N) is 2. The number of hydrogen-bond donors (Lipinski definition) is 1. The minimum absolute atomic E-state index is 0.613. The molecule has 3 heteroatoms. The summed E-state index contributed by atoms with van der Waals surface area (Å²) in [6.07, 6.45) is 0. The van der Waals surface area contributed by atoms with Crippen molar-refractivity contribution in [3.05, 3.63) is 47.5 Å². The van der Waals surface area contributed by atoms with Gasteiger partial charge in [0.05, 0.1) is 22.7 Å². The summed E-state index contributed by atoms with van der Waals surface area (Å²) in [5, 5.41) is 20.0. The van der Waals surface area contributed by atoms with Gasteiger partial charge in [0.1, 0.15) is 6.07 Å². The number of aromatic nitrogens is 1. The van der Waals surface area contributed by atoms with Crippen LogP contribution in [0.5, 0.6) is 0 Å². The van der Waals surface area contributed by atoms with E-state index in [0.29, 0.717) is 11.1 Å². The summed E-state index contributed by atoms with van der Waals surface area (Å²) in [6, 6.07) is 15.4. The van der Waals surface area contributed by atoms with E-state index >= 15 is 0 Å². The van der Waals surface area contributed by atoms with Crippen molar-refractivity contribution in [1.29, 1.82) is 10.5 Å². The molecule has 78 valence electrons. The lowest BCUT2D eigenvalue weighted by molar-refractivity contribution is 1.46. The maximum atomic E-state index is 9.04. The van der Waals surface area contributed by atoms with Crippen molar-refractivity contribution < 1.29 is 0 Å². The average Bonchev–Trinajstić information content (AvgIpc) is 2.75. The van der Waals surface area contributed by atoms with Crippen molar-refractivity contribution in [2.24, 2.45) is 0 Å². The zero-order chi connectivity index (χ0) is 11.8. The third-order valence-corrected chi connectivity index (χ3v) is 2.88. The quantitative estimate of drug-likeness (QED) is 0.629. The molecule has 17 heavy (non-hydrogen) atoms. The molecule has 0 bridgehead atoms. The zero-order valence-electron chi connectivity index (χ0n) is 8.86. The molecule has 1 aromatic heterocycles. The first-order valence-electron chi connectivity index (χ1n) is 5.18. The van der Waals surface area contributed by atoms with Crippen LogP contribution >= 0.6 is 0 Å². The van der Waals surface area contributed by atoms with E-state index in [0.717, 1.165) is 21.8 Å². The standard InChI is InChI=1S/C14H7N3/c15-7-9-4-5-11-12-3-1-2-10(8-16)14(12)17-13(11)6-9/h1-6,17H. The number of rotatable bonds is 0. The molecule has 0 fully saturated rings. The highest BCUT2D eigenvalue weighted by Crippen LogP contribution is 2.27. The second kappa shape index (κ2) is 3.37. The highest BCUT2D eigenvalue weighted by Gasteiger charge is 2.07. The van der Waals surface area contributed by atoms with Gasteiger partial charge >= 0.3 is 0 Å². The minimum Gasteiger partial charge on any atom is -0.353 e. The lowest BCUT2D eigenvalue weighted by Crippen LogP contribution is -1.75. The fourth-order valence-corrected chi connectivity index (χ4v) is 2.09. The van der Waals surface area contributed by atoms with E-state index in [4.69, 9.17) is 10.5 Å². The Labute approximate surface area is 97.5 Å². The molecule has 0 unspecified atom stereocenters. The minimum atomic E-state index is 0.613. The zero-order valence-corrected chi connectivity index (χ0v) is 8.86. The molecule has 0 saturated carbocycles. The number of H-pyrrole nitrogens is 1. The molecule has 0 aliphatic rings. The van der Waals surface area contributed by atoms with Gasteiger partial charge in [-0.15, -0.1) is 0 Å². The van der Waals surface area contributed by atoms with Crippen molar-refractivity contribution in [1.82, 2.24) is 4.98 Å². The normalized spacial score (nSPS) is 10.2. The van der Waals surface area contributed by atoms with Gasteiger partial charge in [-0.3, -0.25) is 0 Å². The van der Waals surface area contributed by atoms with Crippen molar-refractivity contribution in [3.8, 4) is 12.1 Å². The molecular weight excluding hydrogens is 210 g/mol. The van der Waals surface area contributed by atoms with Gasteiger partial charge in [-0.1, -0.05) is 18.2 Å². The Balaban J connectivity index is 2.51. The Morgan fingerprint density at radius 1 is 0.941 bits per heavy atom. The van der Waals surface area contributed by atoms with Crippen molar-refractivity contribution in [2.75, 3.05) is 0 Å². The molecule has 1 N–H and O–H groups in total. The van der Waals surface area contributed by atoms with Crippen LogP contribution in [0.4, 0.5) is 0 Å². The van der Waals surface area contributed by atoms with Gasteiger partial charge in [0.15, 0.2) is 0 Å². The number of fused-ring (bicyclic) bond motifs is 3. The molecule has 0 aliphatic carbocycles. The molecule has 0 saturated heterocycles. The van der Waals surface area contributed by atoms with Gasteiger partial charge in [-0.25, -0.2) is 0 Å². The van der Waals surface area contributed by atoms with Gasteiger partial charge in [0.2, 0.25) is 0 Å². The molecule has 0 radical (unpaired) electrons. The SMILES string of the molecule is N#Cc1ccc2c(c1)[nH]c1c(C#N)cccc12. The highest BCUT2D eigenvalue weighted by molar-refractivity contribution is 6.09. The molecule has 3 aromatic rings. The van der Waals surface area contributed by atoms with Crippen LogP contribution in [0.15, 0.2) is 36.4 Å². The smallest absolute Gasteiger partial charge is 0.101 e. The number of benzene rings is 2. The highest BCUT2D eigenvalue weighted by atomic mass is 14.7. The molecule has 3 rings (SSSR count). The molecule has 0 atom stereocenters. The lowest BCUT2D eigenvalue weighted by Gasteiger charge is -1.92. The number of aromatic amines is 1. The third kappa shape index (κ3) is 1.27. The summed E-state index contributed by atoms with van der Waals surface area (Å²) >= 11 is 0. The van der Waals surface area contributed by atoms with Crippen LogP contribution < -0.4 is 0 Å². The summed E-state index contributed by atoms with van der Waals surface area (Å²) < 4.78 is 0. The Morgan fingerprint density at radius 3 is 2.59 bits per heavy atom. The summed E-state index contributed by atoms with van der Waals surface area (Å²) in [5.41, 5.74) is 2.96. The molecule has 0 spiro atoms. The van der Waals surface area contributed by atoms with Crippen molar-refractivity contribution in [2.45, 2.75) is 0 Å². The monoisotopic (exact) mass is 217 g/mol. The largest absolute Gasteiger partial charge is 0.353 e. The van der Waals surface area contributed by atoms with Crippen LogP contribution in [0.3, 0.4) is 0 Å². The number of hydrogen-bond acceptors (Lipinski definition) is 2. The average molecular weight is 217 g/mol. The first kappa shape index (κ1) is 9.45. The van der Waals surface area contributed by atoms with Crippen LogP contribution in [0.25, 0.3) is 21.8 Å². The number of nitrogens with one attached hydrogen (secondary N) is 1. The van der Waals surface area contributed by atoms with Crippen LogP contribution in [0, 0.1) is 22.7 Å². The van der Waals surface area contributed by atoms with E-state index in [9.17, 15) is 0 Å². The summed E-state index contributed by atoms with van der Waals surface area (Å²) in [6.45, 7) is 0. The predicted octanol–water partition coefficient (Wildman–Crippen LogP) is 3.06. The molecule has 3 nitrogen and oxygen atoms in total. The van der Waals surface area contributed by atoms with Crippen LogP contribution in [0.1, 0.15) is 11.1 Å². The van der Waals surface area contributed by atoms with Crippen LogP contribution in [-0.2, 0) is 0 Å². The Hall–Kier alpha value is -2.78. The maximum absolute atomic E-state index is 9.04. The van der Waals surface area contributed by atoms with Gasteiger partial charge in [-0.05, 0) is 18.2 Å². The first-order chi connectivity index (χ1) is 8.33. The van der Waals surface area contributed by atoms with E-state index in [1.807, 2.05) is 18.2 Å². The van der Waals surface area contributed by atoms with E-state index in [2.05, 4.69) is 17.1 Å². The molecule has 2 aromatic carbocycles. The lowest BCUT2D eigenvalue weighted by atomic mass is 10.1. The van der Waals surface area contributed by atoms with E-state index < -0.39 is 0 Å². The number of para-hydroxylation sites is 1. The molecular formula is C14H7N3. The maximum Gasteiger partial charge on any atom is 0.101 e. The summed E-state index contributed by atoms with van der Waals surface area (Å²) in [4.78, 5) is 3.20. The first-order valence-corrected chi connectivity index (χ1v) is 5.18. The van der Waals surface area contributed by atoms with E-state index in [1.165, 1.54) is 0 Å². The van der Waals surface area contributed by atoms with E-state index in [-0.39, 0.29) is 0 Å². The van der Waals surface area contributed by atoms with Crippen molar-refractivity contribution in [3.63, 3.8) is 0 Å². The Bertz CT molecular complexity index is 813. The summed E-state index contributed by atoms with van der Waals surface area (Å²) in [7, 11) is 0. The topological polar surface area (TPSA) is 63.4 Å². The van der Waals surface area contributed by atoms with Gasteiger partial charge < -0.3 is 4.98 Å². The fourth-order valence-electron chi connectivity index (χ4n) is 2.09. The van der Waals surface area contributed by atoms with Gasteiger partial charge in [0, 0.05) is 16.3 Å². The van der Waals surface area contributed by atoms with E-state index in [1.54, 1.807) is 18.2 Å². The summed E-state index contributed by atoms with van der Waals surface area (Å²) in [5.74, 6) is 0. The van der Waals surface area contributed by atoms with Crippen LogP contribution in [0.2, 0.25) is 0 Å². The predicted molar refractivity (Wildman–Crippen MR) is 65.2 cm³/mol. The second-order valence-electron chi connectivity index (χ2n) is 3.84. The molecule has 1 heterocycles. The fraction of sp³-hybridized carbons (Fsp3) is 0.